The van der Waals surface area contributed by atoms with Crippen LogP contribution in [0.5, 0.6) is 0 Å². The minimum Gasteiger partial charge on any atom is -0.476 e. The molecule has 7 heteroatoms. The van der Waals surface area contributed by atoms with Gasteiger partial charge in [-0.1, -0.05) is 29.3 Å². The minimum atomic E-state index is -1.16. The van der Waals surface area contributed by atoms with E-state index in [9.17, 15) is 4.79 Å². The SMILES string of the molecule is Cc1ccc(Cl)c(Nc2cncc(C(=O)O)n2)c1Cl. The van der Waals surface area contributed by atoms with E-state index in [0.29, 0.717) is 15.7 Å². The second kappa shape index (κ2) is 5.42. The fourth-order valence-electron chi connectivity index (χ4n) is 1.43. The summed E-state index contributed by atoms with van der Waals surface area (Å²) < 4.78 is 0. The maximum atomic E-state index is 10.8. The van der Waals surface area contributed by atoms with Crippen LogP contribution in [0.15, 0.2) is 24.5 Å². The van der Waals surface area contributed by atoms with E-state index in [0.717, 1.165) is 11.8 Å². The highest BCUT2D eigenvalue weighted by molar-refractivity contribution is 6.39. The van der Waals surface area contributed by atoms with Gasteiger partial charge in [-0.25, -0.2) is 9.78 Å². The van der Waals surface area contributed by atoms with E-state index in [1.54, 1.807) is 12.1 Å². The number of hydrogen-bond acceptors (Lipinski definition) is 4. The standard InChI is InChI=1S/C12H9Cl2N3O2/c1-6-2-3-7(13)11(10(6)14)17-9-5-15-4-8(16-9)12(18)19/h2-5H,1H3,(H,16,17)(H,18,19). The summed E-state index contributed by atoms with van der Waals surface area (Å²) in [6, 6.07) is 3.48. The van der Waals surface area contributed by atoms with E-state index < -0.39 is 5.97 Å². The van der Waals surface area contributed by atoms with Crippen LogP contribution in [0, 0.1) is 6.92 Å². The molecular weight excluding hydrogens is 289 g/mol. The maximum Gasteiger partial charge on any atom is 0.356 e. The van der Waals surface area contributed by atoms with Crippen molar-refractivity contribution >= 4 is 40.7 Å². The highest BCUT2D eigenvalue weighted by Gasteiger charge is 2.11. The van der Waals surface area contributed by atoms with E-state index in [-0.39, 0.29) is 11.5 Å². The van der Waals surface area contributed by atoms with Crippen LogP contribution >= 0.6 is 23.2 Å². The lowest BCUT2D eigenvalue weighted by Gasteiger charge is -2.11. The summed E-state index contributed by atoms with van der Waals surface area (Å²) in [4.78, 5) is 18.5. The van der Waals surface area contributed by atoms with Gasteiger partial charge in [-0.3, -0.25) is 4.98 Å². The van der Waals surface area contributed by atoms with E-state index in [1.165, 1.54) is 6.20 Å². The van der Waals surface area contributed by atoms with Gasteiger partial charge in [-0.2, -0.15) is 0 Å². The number of hydrogen-bond donors (Lipinski definition) is 2. The summed E-state index contributed by atoms with van der Waals surface area (Å²) in [6.45, 7) is 1.84. The van der Waals surface area contributed by atoms with Crippen LogP contribution in [0.1, 0.15) is 16.1 Å². The van der Waals surface area contributed by atoms with Crippen LogP contribution in [-0.4, -0.2) is 21.0 Å². The Kier molecular flexibility index (Phi) is 3.87. The van der Waals surface area contributed by atoms with Crippen molar-refractivity contribution in [1.29, 1.82) is 0 Å². The normalized spacial score (nSPS) is 10.3. The fourth-order valence-corrected chi connectivity index (χ4v) is 1.89. The van der Waals surface area contributed by atoms with Gasteiger partial charge in [0.05, 0.1) is 28.1 Å². The van der Waals surface area contributed by atoms with E-state index in [4.69, 9.17) is 28.3 Å². The molecule has 98 valence electrons. The monoisotopic (exact) mass is 297 g/mol. The number of carbonyl (C=O) groups is 1. The third-order valence-corrected chi connectivity index (χ3v) is 3.19. The predicted octanol–water partition coefficient (Wildman–Crippen LogP) is 3.53. The zero-order chi connectivity index (χ0) is 14.0. The molecule has 1 heterocycles. The molecule has 2 N–H and O–H groups in total. The lowest BCUT2D eigenvalue weighted by Crippen LogP contribution is -2.04. The van der Waals surface area contributed by atoms with Crippen LogP contribution < -0.4 is 5.32 Å². The Labute approximate surface area is 119 Å². The van der Waals surface area contributed by atoms with Gasteiger partial charge in [0.25, 0.3) is 0 Å². The molecule has 0 bridgehead atoms. The summed E-state index contributed by atoms with van der Waals surface area (Å²) in [7, 11) is 0. The lowest BCUT2D eigenvalue weighted by atomic mass is 10.2. The van der Waals surface area contributed by atoms with Gasteiger partial charge in [0.15, 0.2) is 5.69 Å². The molecule has 0 spiro atoms. The Morgan fingerprint density at radius 1 is 1.32 bits per heavy atom. The van der Waals surface area contributed by atoms with Crippen molar-refractivity contribution in [3.05, 3.63) is 45.8 Å². The minimum absolute atomic E-state index is 0.162. The van der Waals surface area contributed by atoms with Crippen molar-refractivity contribution in [3.8, 4) is 0 Å². The number of nitrogens with one attached hydrogen (secondary N) is 1. The molecule has 1 aromatic heterocycles. The second-order valence-corrected chi connectivity index (χ2v) is 4.56. The molecule has 0 unspecified atom stereocenters. The van der Waals surface area contributed by atoms with Gasteiger partial charge in [-0.05, 0) is 18.6 Å². The Bertz CT molecular complexity index is 647. The van der Waals surface area contributed by atoms with Crippen LogP contribution in [0.3, 0.4) is 0 Å². The molecule has 0 aliphatic carbocycles. The number of aryl methyl sites for hydroxylation is 1. The zero-order valence-electron chi connectivity index (χ0n) is 9.82. The molecule has 5 nitrogen and oxygen atoms in total. The highest BCUT2D eigenvalue weighted by atomic mass is 35.5. The molecule has 0 saturated carbocycles. The molecule has 0 fully saturated rings. The topological polar surface area (TPSA) is 75.1 Å². The van der Waals surface area contributed by atoms with Crippen molar-refractivity contribution < 1.29 is 9.90 Å². The molecule has 0 atom stereocenters. The lowest BCUT2D eigenvalue weighted by molar-refractivity contribution is 0.0690. The van der Waals surface area contributed by atoms with Crippen molar-refractivity contribution in [2.24, 2.45) is 0 Å². The van der Waals surface area contributed by atoms with Crippen LogP contribution in [0.2, 0.25) is 10.0 Å². The first-order valence-electron chi connectivity index (χ1n) is 5.26. The average molecular weight is 298 g/mol. The van der Waals surface area contributed by atoms with Crippen LogP contribution in [-0.2, 0) is 0 Å². The van der Waals surface area contributed by atoms with Gasteiger partial charge in [-0.15, -0.1) is 0 Å². The van der Waals surface area contributed by atoms with E-state index in [1.807, 2.05) is 6.92 Å². The number of carboxylic acids is 1. The van der Waals surface area contributed by atoms with Gasteiger partial charge in [0, 0.05) is 0 Å². The Balaban J connectivity index is 2.39. The summed E-state index contributed by atoms with van der Waals surface area (Å²) in [6.07, 6.45) is 2.55. The predicted molar refractivity (Wildman–Crippen MR) is 73.5 cm³/mol. The Morgan fingerprint density at radius 2 is 2.05 bits per heavy atom. The molecule has 0 aliphatic heterocycles. The highest BCUT2D eigenvalue weighted by Crippen LogP contribution is 2.34. The van der Waals surface area contributed by atoms with Crippen molar-refractivity contribution in [3.63, 3.8) is 0 Å². The third kappa shape index (κ3) is 2.94. The molecule has 0 aliphatic rings. The van der Waals surface area contributed by atoms with Gasteiger partial charge in [0.1, 0.15) is 5.82 Å². The number of aromatic carboxylic acids is 1. The summed E-state index contributed by atoms with van der Waals surface area (Å²) >= 11 is 12.2. The smallest absolute Gasteiger partial charge is 0.356 e. The van der Waals surface area contributed by atoms with Crippen molar-refractivity contribution in [2.45, 2.75) is 6.92 Å². The quantitative estimate of drug-likeness (QED) is 0.906. The number of aromatic nitrogens is 2. The molecule has 2 rings (SSSR count). The second-order valence-electron chi connectivity index (χ2n) is 3.77. The number of carboxylic acid groups (broad SMARTS) is 1. The van der Waals surface area contributed by atoms with E-state index in [2.05, 4.69) is 15.3 Å². The summed E-state index contributed by atoms with van der Waals surface area (Å²) in [5, 5.41) is 12.6. The number of halogens is 2. The van der Waals surface area contributed by atoms with Gasteiger partial charge >= 0.3 is 5.97 Å². The molecule has 0 saturated heterocycles. The fraction of sp³-hybridized carbons (Fsp3) is 0.0833. The first kappa shape index (κ1) is 13.6. The molecular formula is C12H9Cl2N3O2. The van der Waals surface area contributed by atoms with Crippen LogP contribution in [0.4, 0.5) is 11.5 Å². The third-order valence-electron chi connectivity index (χ3n) is 2.39. The maximum absolute atomic E-state index is 10.8. The number of rotatable bonds is 3. The van der Waals surface area contributed by atoms with Crippen LogP contribution in [0.25, 0.3) is 0 Å². The van der Waals surface area contributed by atoms with Crippen molar-refractivity contribution in [1.82, 2.24) is 9.97 Å². The molecule has 19 heavy (non-hydrogen) atoms. The number of anilines is 2. The summed E-state index contributed by atoms with van der Waals surface area (Å²) in [5.41, 5.74) is 1.15. The van der Waals surface area contributed by atoms with Gasteiger partial charge < -0.3 is 10.4 Å². The molecule has 0 radical (unpaired) electrons. The number of nitrogens with zero attached hydrogens (tertiary/aromatic N) is 2. The van der Waals surface area contributed by atoms with Crippen molar-refractivity contribution in [2.75, 3.05) is 5.32 Å². The van der Waals surface area contributed by atoms with E-state index >= 15 is 0 Å². The zero-order valence-corrected chi connectivity index (χ0v) is 11.3. The average Bonchev–Trinajstić information content (AvgIpc) is 2.39. The Hall–Kier alpha value is -1.85. The molecule has 1 aromatic carbocycles. The Morgan fingerprint density at radius 3 is 2.74 bits per heavy atom. The number of benzene rings is 1. The first-order chi connectivity index (χ1) is 8.99. The molecule has 2 aromatic rings. The molecule has 0 amide bonds. The van der Waals surface area contributed by atoms with Gasteiger partial charge in [0.2, 0.25) is 0 Å². The summed E-state index contributed by atoms with van der Waals surface area (Å²) in [5.74, 6) is -0.896. The first-order valence-corrected chi connectivity index (χ1v) is 6.01. The largest absolute Gasteiger partial charge is 0.476 e.